The largest absolute Gasteiger partial charge is 0.304 e. The number of rotatable bonds is 7. The van der Waals surface area contributed by atoms with Gasteiger partial charge in [-0.15, -0.1) is 0 Å². The number of piperidine rings is 3. The zero-order valence-corrected chi connectivity index (χ0v) is 13.8. The van der Waals surface area contributed by atoms with Crippen molar-refractivity contribution in [1.29, 1.82) is 0 Å². The van der Waals surface area contributed by atoms with E-state index in [9.17, 15) is 8.42 Å². The summed E-state index contributed by atoms with van der Waals surface area (Å²) < 4.78 is 25.1. The van der Waals surface area contributed by atoms with E-state index in [1.165, 1.54) is 19.2 Å². The summed E-state index contributed by atoms with van der Waals surface area (Å²) in [5.41, 5.74) is 0. The third kappa shape index (κ3) is 4.16. The first-order valence-corrected chi connectivity index (χ1v) is 9.73. The molecule has 0 aliphatic carbocycles. The topological polar surface area (TPSA) is 52.6 Å². The molecule has 20 heavy (non-hydrogen) atoms. The van der Waals surface area contributed by atoms with E-state index in [2.05, 4.69) is 28.4 Å². The monoisotopic (exact) mass is 303 g/mol. The normalized spacial score (nSPS) is 33.8. The second-order valence-electron chi connectivity index (χ2n) is 6.30. The molecule has 3 fully saturated rings. The molecule has 4 unspecified atom stereocenters. The van der Waals surface area contributed by atoms with Crippen molar-refractivity contribution in [2.24, 2.45) is 11.8 Å². The molecule has 118 valence electrons. The minimum atomic E-state index is -3.07. The average molecular weight is 303 g/mol. The number of hydrogen-bond acceptors (Lipinski definition) is 4. The van der Waals surface area contributed by atoms with Crippen molar-refractivity contribution < 1.29 is 8.42 Å². The molecule has 4 atom stereocenters. The van der Waals surface area contributed by atoms with Crippen LogP contribution in [0, 0.1) is 11.8 Å². The fourth-order valence-corrected chi connectivity index (χ4v) is 4.22. The zero-order chi connectivity index (χ0) is 14.8. The second kappa shape index (κ2) is 6.73. The van der Waals surface area contributed by atoms with Crippen LogP contribution in [0.4, 0.5) is 0 Å². The predicted octanol–water partition coefficient (Wildman–Crippen LogP) is 0.588. The fourth-order valence-electron chi connectivity index (χ4n) is 3.73. The molecule has 0 aromatic heterocycles. The van der Waals surface area contributed by atoms with Crippen LogP contribution in [0.1, 0.15) is 26.7 Å². The molecule has 1 N–H and O–H groups in total. The van der Waals surface area contributed by atoms with Crippen LogP contribution in [0.3, 0.4) is 0 Å². The number of nitrogens with zero attached hydrogens (tertiary/aromatic N) is 2. The van der Waals surface area contributed by atoms with E-state index in [1.54, 1.807) is 0 Å². The molecule has 2 bridgehead atoms. The first-order chi connectivity index (χ1) is 9.43. The summed E-state index contributed by atoms with van der Waals surface area (Å²) in [6.45, 7) is 10.7. The van der Waals surface area contributed by atoms with Crippen LogP contribution in [-0.2, 0) is 10.0 Å². The summed E-state index contributed by atoms with van der Waals surface area (Å²) in [6.07, 6.45) is 3.67. The molecule has 3 heterocycles. The molecule has 0 saturated carbocycles. The van der Waals surface area contributed by atoms with Crippen LogP contribution >= 0.6 is 0 Å². The Morgan fingerprint density at radius 1 is 1.30 bits per heavy atom. The van der Waals surface area contributed by atoms with Gasteiger partial charge in [0.15, 0.2) is 0 Å². The maximum absolute atomic E-state index is 11.2. The fraction of sp³-hybridized carbons (Fsp3) is 1.00. The number of hydrogen-bond donors (Lipinski definition) is 1. The summed E-state index contributed by atoms with van der Waals surface area (Å²) >= 11 is 0. The molecule has 3 saturated heterocycles. The van der Waals surface area contributed by atoms with E-state index in [0.717, 1.165) is 44.4 Å². The summed E-state index contributed by atoms with van der Waals surface area (Å²) in [5.74, 6) is 1.53. The van der Waals surface area contributed by atoms with Crippen LogP contribution in [0.2, 0.25) is 0 Å². The van der Waals surface area contributed by atoms with Crippen LogP contribution in [0.15, 0.2) is 0 Å². The van der Waals surface area contributed by atoms with Crippen molar-refractivity contribution in [3.8, 4) is 0 Å². The minimum absolute atomic E-state index is 0.399. The van der Waals surface area contributed by atoms with E-state index in [-0.39, 0.29) is 0 Å². The Bertz CT molecular complexity index is 409. The van der Waals surface area contributed by atoms with Gasteiger partial charge in [-0.05, 0) is 44.3 Å². The Morgan fingerprint density at radius 3 is 2.50 bits per heavy atom. The molecule has 0 spiro atoms. The Labute approximate surface area is 123 Å². The molecular formula is C14H29N3O2S. The number of sulfonamides is 1. The molecular weight excluding hydrogens is 274 g/mol. The molecule has 3 aliphatic heterocycles. The lowest BCUT2D eigenvalue weighted by atomic mass is 9.75. The highest BCUT2D eigenvalue weighted by Crippen LogP contribution is 2.36. The first kappa shape index (κ1) is 16.2. The van der Waals surface area contributed by atoms with Crippen molar-refractivity contribution in [3.63, 3.8) is 0 Å². The van der Waals surface area contributed by atoms with E-state index in [0.29, 0.717) is 12.6 Å². The minimum Gasteiger partial charge on any atom is -0.304 e. The lowest BCUT2D eigenvalue weighted by Crippen LogP contribution is -2.58. The van der Waals surface area contributed by atoms with Crippen LogP contribution in [-0.4, -0.2) is 69.8 Å². The van der Waals surface area contributed by atoms with Crippen LogP contribution in [0.25, 0.3) is 0 Å². The highest BCUT2D eigenvalue weighted by molar-refractivity contribution is 7.88. The maximum atomic E-state index is 11.2. The Morgan fingerprint density at radius 2 is 2.00 bits per heavy atom. The Hall–Kier alpha value is -0.170. The summed E-state index contributed by atoms with van der Waals surface area (Å²) in [7, 11) is -3.07. The van der Waals surface area contributed by atoms with Gasteiger partial charge in [0.05, 0.1) is 6.26 Å². The van der Waals surface area contributed by atoms with E-state index in [4.69, 9.17) is 0 Å². The van der Waals surface area contributed by atoms with Crippen LogP contribution < -0.4 is 4.72 Å². The summed E-state index contributed by atoms with van der Waals surface area (Å²) in [4.78, 5) is 5.00. The predicted molar refractivity (Wildman–Crippen MR) is 82.2 cm³/mol. The van der Waals surface area contributed by atoms with Gasteiger partial charge in [0, 0.05) is 25.7 Å². The zero-order valence-electron chi connectivity index (χ0n) is 13.0. The van der Waals surface area contributed by atoms with E-state index >= 15 is 0 Å². The van der Waals surface area contributed by atoms with Gasteiger partial charge in [-0.1, -0.05) is 13.8 Å². The highest BCUT2D eigenvalue weighted by atomic mass is 32.2. The van der Waals surface area contributed by atoms with Crippen molar-refractivity contribution in [1.82, 2.24) is 14.5 Å². The van der Waals surface area contributed by atoms with Gasteiger partial charge in [-0.25, -0.2) is 13.1 Å². The Balaban J connectivity index is 1.87. The summed E-state index contributed by atoms with van der Waals surface area (Å²) in [6, 6.07) is 0.399. The molecule has 6 heteroatoms. The van der Waals surface area contributed by atoms with Crippen molar-refractivity contribution in [2.75, 3.05) is 45.5 Å². The third-order valence-corrected chi connectivity index (χ3v) is 5.67. The van der Waals surface area contributed by atoms with Gasteiger partial charge >= 0.3 is 0 Å². The van der Waals surface area contributed by atoms with Gasteiger partial charge in [-0.2, -0.15) is 0 Å². The highest BCUT2D eigenvalue weighted by Gasteiger charge is 2.40. The molecule has 0 aromatic carbocycles. The number of fused-ring (bicyclic) bond motifs is 3. The molecule has 0 amide bonds. The molecule has 3 aliphatic rings. The quantitative estimate of drug-likeness (QED) is 0.748. The maximum Gasteiger partial charge on any atom is 0.208 e. The Kier molecular flexibility index (Phi) is 5.45. The van der Waals surface area contributed by atoms with Gasteiger partial charge in [0.25, 0.3) is 0 Å². The average Bonchev–Trinajstić information content (AvgIpc) is 2.42. The SMILES string of the molecule is CCN(CC)CC1CN2CCC1CC2CNS(C)(=O)=O. The number of nitrogens with one attached hydrogen (secondary N) is 1. The molecule has 3 rings (SSSR count). The van der Waals surface area contributed by atoms with Crippen molar-refractivity contribution >= 4 is 10.0 Å². The van der Waals surface area contributed by atoms with Gasteiger partial charge < -0.3 is 4.90 Å². The van der Waals surface area contributed by atoms with E-state index < -0.39 is 10.0 Å². The lowest BCUT2D eigenvalue weighted by Gasteiger charge is -2.50. The third-order valence-electron chi connectivity index (χ3n) is 4.98. The van der Waals surface area contributed by atoms with E-state index in [1.807, 2.05) is 0 Å². The molecule has 0 aromatic rings. The van der Waals surface area contributed by atoms with Crippen LogP contribution in [0.5, 0.6) is 0 Å². The second-order valence-corrected chi connectivity index (χ2v) is 8.13. The standard InChI is InChI=1S/C14H29N3O2S/c1-4-16(5-2)10-13-11-17-7-6-12(13)8-14(17)9-15-20(3,18)19/h12-15H,4-11H2,1-3H3. The smallest absolute Gasteiger partial charge is 0.208 e. The van der Waals surface area contributed by atoms with Crippen molar-refractivity contribution in [3.05, 3.63) is 0 Å². The van der Waals surface area contributed by atoms with Gasteiger partial charge in [0.2, 0.25) is 10.0 Å². The lowest BCUT2D eigenvalue weighted by molar-refractivity contribution is -0.00910. The molecule has 5 nitrogen and oxygen atoms in total. The molecule has 0 radical (unpaired) electrons. The van der Waals surface area contributed by atoms with Gasteiger partial charge in [-0.3, -0.25) is 4.90 Å². The van der Waals surface area contributed by atoms with Crippen molar-refractivity contribution in [2.45, 2.75) is 32.7 Å². The van der Waals surface area contributed by atoms with Gasteiger partial charge in [0.1, 0.15) is 0 Å². The first-order valence-electron chi connectivity index (χ1n) is 7.84. The summed E-state index contributed by atoms with van der Waals surface area (Å²) in [5, 5.41) is 0.